The first kappa shape index (κ1) is 12.2. The maximum atomic E-state index is 5.97. The molecule has 0 atom stereocenters. The highest BCUT2D eigenvalue weighted by atomic mass is 15.3. The van der Waals surface area contributed by atoms with Crippen LogP contribution in [0.2, 0.25) is 0 Å². The average molecular weight is 233 g/mol. The molecule has 1 aromatic rings. The minimum absolute atomic E-state index is 0.652. The van der Waals surface area contributed by atoms with Crippen molar-refractivity contribution in [3.63, 3.8) is 0 Å². The molecule has 0 aliphatic carbocycles. The molecule has 1 fully saturated rings. The number of piperazine rings is 1. The molecule has 0 aromatic heterocycles. The molecule has 1 aliphatic heterocycles. The van der Waals surface area contributed by atoms with Gasteiger partial charge in [-0.1, -0.05) is 6.07 Å². The second-order valence-corrected chi connectivity index (χ2v) is 5.11. The number of nitrogen functional groups attached to an aromatic ring is 1. The van der Waals surface area contributed by atoms with Gasteiger partial charge >= 0.3 is 0 Å². The highest BCUT2D eigenvalue weighted by molar-refractivity contribution is 5.64. The third-order valence-electron chi connectivity index (χ3n) is 3.73. The summed E-state index contributed by atoms with van der Waals surface area (Å²) in [7, 11) is 0. The van der Waals surface area contributed by atoms with Gasteiger partial charge in [0.15, 0.2) is 0 Å². The van der Waals surface area contributed by atoms with Crippen LogP contribution in [0.4, 0.5) is 11.4 Å². The van der Waals surface area contributed by atoms with Gasteiger partial charge < -0.3 is 10.6 Å². The van der Waals surface area contributed by atoms with Crippen LogP contribution in [0.3, 0.4) is 0 Å². The summed E-state index contributed by atoms with van der Waals surface area (Å²) in [6.07, 6.45) is 0. The first-order chi connectivity index (χ1) is 8.09. The second kappa shape index (κ2) is 4.96. The zero-order valence-corrected chi connectivity index (χ0v) is 11.1. The zero-order valence-electron chi connectivity index (χ0n) is 11.1. The zero-order chi connectivity index (χ0) is 12.4. The fourth-order valence-corrected chi connectivity index (χ4v) is 2.46. The number of anilines is 2. The third-order valence-corrected chi connectivity index (χ3v) is 3.73. The lowest BCUT2D eigenvalue weighted by Gasteiger charge is -2.38. The van der Waals surface area contributed by atoms with Crippen LogP contribution >= 0.6 is 0 Å². The Kier molecular flexibility index (Phi) is 3.57. The fourth-order valence-electron chi connectivity index (χ4n) is 2.46. The Balaban J connectivity index is 2.08. The SMILES string of the molecule is Cc1c(N)cccc1N1CCN(C(C)C)CC1. The topological polar surface area (TPSA) is 32.5 Å². The summed E-state index contributed by atoms with van der Waals surface area (Å²) < 4.78 is 0. The monoisotopic (exact) mass is 233 g/mol. The van der Waals surface area contributed by atoms with Crippen molar-refractivity contribution in [3.05, 3.63) is 23.8 Å². The van der Waals surface area contributed by atoms with E-state index in [2.05, 4.69) is 36.6 Å². The van der Waals surface area contributed by atoms with Crippen molar-refractivity contribution in [2.45, 2.75) is 26.8 Å². The summed E-state index contributed by atoms with van der Waals surface area (Å²) in [4.78, 5) is 4.97. The van der Waals surface area contributed by atoms with Crippen molar-refractivity contribution >= 4 is 11.4 Å². The van der Waals surface area contributed by atoms with Gasteiger partial charge in [0, 0.05) is 43.6 Å². The Hall–Kier alpha value is -1.22. The Morgan fingerprint density at radius 2 is 1.76 bits per heavy atom. The molecule has 17 heavy (non-hydrogen) atoms. The van der Waals surface area contributed by atoms with Gasteiger partial charge in [-0.25, -0.2) is 0 Å². The molecule has 1 aromatic carbocycles. The van der Waals surface area contributed by atoms with Crippen LogP contribution in [0.15, 0.2) is 18.2 Å². The first-order valence-corrected chi connectivity index (χ1v) is 6.43. The van der Waals surface area contributed by atoms with Crippen LogP contribution in [0, 0.1) is 6.92 Å². The van der Waals surface area contributed by atoms with E-state index in [0.29, 0.717) is 6.04 Å². The molecule has 3 heteroatoms. The molecule has 2 N–H and O–H groups in total. The molecular weight excluding hydrogens is 210 g/mol. The van der Waals surface area contributed by atoms with Crippen LogP contribution in [-0.4, -0.2) is 37.1 Å². The summed E-state index contributed by atoms with van der Waals surface area (Å²) in [5.41, 5.74) is 9.38. The molecule has 0 radical (unpaired) electrons. The van der Waals surface area contributed by atoms with E-state index in [9.17, 15) is 0 Å². The van der Waals surface area contributed by atoms with Crippen LogP contribution in [-0.2, 0) is 0 Å². The highest BCUT2D eigenvalue weighted by Gasteiger charge is 2.20. The van der Waals surface area contributed by atoms with Gasteiger partial charge in [-0.15, -0.1) is 0 Å². The van der Waals surface area contributed by atoms with E-state index in [1.807, 2.05) is 12.1 Å². The van der Waals surface area contributed by atoms with Gasteiger partial charge in [-0.2, -0.15) is 0 Å². The number of hydrogen-bond acceptors (Lipinski definition) is 3. The van der Waals surface area contributed by atoms with Gasteiger partial charge in [0.2, 0.25) is 0 Å². The van der Waals surface area contributed by atoms with Gasteiger partial charge in [0.25, 0.3) is 0 Å². The van der Waals surface area contributed by atoms with Crippen molar-refractivity contribution in [2.24, 2.45) is 0 Å². The van der Waals surface area contributed by atoms with Crippen LogP contribution in [0.5, 0.6) is 0 Å². The minimum atomic E-state index is 0.652. The summed E-state index contributed by atoms with van der Waals surface area (Å²) in [6.45, 7) is 11.1. The Morgan fingerprint density at radius 3 is 2.35 bits per heavy atom. The number of nitrogens with zero attached hydrogens (tertiary/aromatic N) is 2. The molecule has 0 amide bonds. The molecule has 0 spiro atoms. The maximum absolute atomic E-state index is 5.97. The van der Waals surface area contributed by atoms with Crippen LogP contribution < -0.4 is 10.6 Å². The molecule has 3 nitrogen and oxygen atoms in total. The normalized spacial score (nSPS) is 17.8. The lowest BCUT2D eigenvalue weighted by atomic mass is 10.1. The first-order valence-electron chi connectivity index (χ1n) is 6.43. The van der Waals surface area contributed by atoms with E-state index in [1.165, 1.54) is 11.3 Å². The van der Waals surface area contributed by atoms with Crippen molar-refractivity contribution in [1.29, 1.82) is 0 Å². The van der Waals surface area contributed by atoms with Crippen molar-refractivity contribution in [3.8, 4) is 0 Å². The van der Waals surface area contributed by atoms with Gasteiger partial charge in [0.1, 0.15) is 0 Å². The number of nitrogens with two attached hydrogens (primary N) is 1. The predicted molar refractivity (Wildman–Crippen MR) is 74.5 cm³/mol. The maximum Gasteiger partial charge on any atom is 0.0417 e. The summed E-state index contributed by atoms with van der Waals surface area (Å²) in [5.74, 6) is 0. The molecule has 1 saturated heterocycles. The number of rotatable bonds is 2. The molecule has 0 bridgehead atoms. The van der Waals surface area contributed by atoms with Crippen molar-refractivity contribution in [1.82, 2.24) is 4.90 Å². The summed E-state index contributed by atoms with van der Waals surface area (Å²) in [5, 5.41) is 0. The standard InChI is InChI=1S/C14H23N3/c1-11(2)16-7-9-17(10-8-16)14-6-4-5-13(15)12(14)3/h4-6,11H,7-10,15H2,1-3H3. The van der Waals surface area contributed by atoms with Gasteiger partial charge in [-0.3, -0.25) is 4.90 Å². The Bertz CT molecular complexity index is 379. The lowest BCUT2D eigenvalue weighted by Crippen LogP contribution is -2.49. The lowest BCUT2D eigenvalue weighted by molar-refractivity contribution is 0.209. The predicted octanol–water partition coefficient (Wildman–Crippen LogP) is 2.11. The van der Waals surface area contributed by atoms with E-state index in [1.54, 1.807) is 0 Å². The Morgan fingerprint density at radius 1 is 1.12 bits per heavy atom. The average Bonchev–Trinajstić information content (AvgIpc) is 2.33. The van der Waals surface area contributed by atoms with E-state index in [-0.39, 0.29) is 0 Å². The number of hydrogen-bond donors (Lipinski definition) is 1. The molecule has 2 rings (SSSR count). The molecule has 1 aliphatic rings. The molecule has 94 valence electrons. The van der Waals surface area contributed by atoms with E-state index >= 15 is 0 Å². The molecule has 0 unspecified atom stereocenters. The van der Waals surface area contributed by atoms with Crippen molar-refractivity contribution < 1.29 is 0 Å². The second-order valence-electron chi connectivity index (χ2n) is 5.11. The smallest absolute Gasteiger partial charge is 0.0417 e. The highest BCUT2D eigenvalue weighted by Crippen LogP contribution is 2.25. The van der Waals surface area contributed by atoms with Gasteiger partial charge in [0.05, 0.1) is 0 Å². The van der Waals surface area contributed by atoms with Gasteiger partial charge in [-0.05, 0) is 38.5 Å². The Labute approximate surface area is 104 Å². The van der Waals surface area contributed by atoms with E-state index in [4.69, 9.17) is 5.73 Å². The molecule has 0 saturated carbocycles. The van der Waals surface area contributed by atoms with Crippen molar-refractivity contribution in [2.75, 3.05) is 36.8 Å². The largest absolute Gasteiger partial charge is 0.398 e. The van der Waals surface area contributed by atoms with E-state index in [0.717, 1.165) is 31.9 Å². The molecular formula is C14H23N3. The van der Waals surface area contributed by atoms with E-state index < -0.39 is 0 Å². The number of benzene rings is 1. The molecule has 1 heterocycles. The summed E-state index contributed by atoms with van der Waals surface area (Å²) in [6, 6.07) is 6.85. The summed E-state index contributed by atoms with van der Waals surface area (Å²) >= 11 is 0. The quantitative estimate of drug-likeness (QED) is 0.794. The fraction of sp³-hybridized carbons (Fsp3) is 0.571. The van der Waals surface area contributed by atoms with Crippen LogP contribution in [0.1, 0.15) is 19.4 Å². The minimum Gasteiger partial charge on any atom is -0.398 e. The third kappa shape index (κ3) is 2.55. The van der Waals surface area contributed by atoms with Crippen LogP contribution in [0.25, 0.3) is 0 Å².